The van der Waals surface area contributed by atoms with Gasteiger partial charge in [-0.1, -0.05) is 13.3 Å². The summed E-state index contributed by atoms with van der Waals surface area (Å²) in [6, 6.07) is 8.24. The van der Waals surface area contributed by atoms with Crippen LogP contribution >= 0.6 is 0 Å². The largest absolute Gasteiger partial charge is 0.497 e. The van der Waals surface area contributed by atoms with Crippen molar-refractivity contribution in [3.8, 4) is 5.75 Å². The maximum absolute atomic E-state index is 10.3. The number of anilines is 1. The minimum Gasteiger partial charge on any atom is -0.497 e. The molecule has 3 atom stereocenters. The number of methoxy groups -OCH3 is 1. The standard InChI is InChI=1S/C20H32N2O3/c1-16-4-3-5-20(16)25-15-18(23)14-21-10-12-22(13-11-21)17-6-8-19(24-2)9-7-17/h6-9,16,18,20,23H,3-5,10-15H2,1-2H3/t16-,18-,20+/m0/s1. The van der Waals surface area contributed by atoms with Crippen LogP contribution in [0.4, 0.5) is 5.69 Å². The number of aliphatic hydroxyl groups is 1. The number of piperazine rings is 1. The SMILES string of the molecule is COc1ccc(N2CCN(C[C@H](O)CO[C@@H]3CCC[C@@H]3C)CC2)cc1. The van der Waals surface area contributed by atoms with Gasteiger partial charge < -0.3 is 19.5 Å². The van der Waals surface area contributed by atoms with Gasteiger partial charge >= 0.3 is 0 Å². The molecular formula is C20H32N2O3. The van der Waals surface area contributed by atoms with Crippen LogP contribution in [0, 0.1) is 5.92 Å². The molecule has 140 valence electrons. The minimum atomic E-state index is -0.389. The van der Waals surface area contributed by atoms with Crippen molar-refractivity contribution in [2.24, 2.45) is 5.92 Å². The highest BCUT2D eigenvalue weighted by atomic mass is 16.5. The Balaban J connectivity index is 1.38. The van der Waals surface area contributed by atoms with Crippen molar-refractivity contribution in [1.82, 2.24) is 4.90 Å². The zero-order valence-corrected chi connectivity index (χ0v) is 15.6. The second kappa shape index (κ2) is 8.88. The first-order valence-electron chi connectivity index (χ1n) is 9.56. The van der Waals surface area contributed by atoms with Crippen LogP contribution in [0.15, 0.2) is 24.3 Å². The van der Waals surface area contributed by atoms with Gasteiger partial charge in [0.05, 0.1) is 25.9 Å². The third-order valence-electron chi connectivity index (χ3n) is 5.56. The Bertz CT molecular complexity index is 514. The van der Waals surface area contributed by atoms with Crippen LogP contribution in [0.2, 0.25) is 0 Å². The van der Waals surface area contributed by atoms with Gasteiger partial charge in [-0.15, -0.1) is 0 Å². The molecule has 5 heteroatoms. The molecule has 0 bridgehead atoms. The zero-order valence-electron chi connectivity index (χ0n) is 15.6. The topological polar surface area (TPSA) is 45.2 Å². The Morgan fingerprint density at radius 2 is 1.84 bits per heavy atom. The molecule has 3 rings (SSSR count). The first-order valence-corrected chi connectivity index (χ1v) is 9.56. The third kappa shape index (κ3) is 5.09. The van der Waals surface area contributed by atoms with Gasteiger partial charge in [-0.25, -0.2) is 0 Å². The highest BCUT2D eigenvalue weighted by Gasteiger charge is 2.25. The van der Waals surface area contributed by atoms with Gasteiger partial charge in [-0.2, -0.15) is 0 Å². The number of hydrogen-bond acceptors (Lipinski definition) is 5. The first-order chi connectivity index (χ1) is 12.2. The number of benzene rings is 1. The molecular weight excluding hydrogens is 316 g/mol. The van der Waals surface area contributed by atoms with Crippen molar-refractivity contribution < 1.29 is 14.6 Å². The van der Waals surface area contributed by atoms with Crippen LogP contribution in [0.1, 0.15) is 26.2 Å². The van der Waals surface area contributed by atoms with E-state index in [0.29, 0.717) is 25.2 Å². The summed E-state index contributed by atoms with van der Waals surface area (Å²) in [7, 11) is 1.69. The van der Waals surface area contributed by atoms with Crippen LogP contribution in [0.5, 0.6) is 5.75 Å². The summed E-state index contributed by atoms with van der Waals surface area (Å²) in [4.78, 5) is 4.73. The van der Waals surface area contributed by atoms with E-state index in [2.05, 4.69) is 28.9 Å². The fourth-order valence-corrected chi connectivity index (χ4v) is 3.93. The van der Waals surface area contributed by atoms with Gasteiger partial charge in [0, 0.05) is 38.4 Å². The molecule has 1 aromatic rings. The van der Waals surface area contributed by atoms with E-state index in [4.69, 9.17) is 9.47 Å². The normalized spacial score (nSPS) is 26.0. The van der Waals surface area contributed by atoms with E-state index in [-0.39, 0.29) is 6.10 Å². The van der Waals surface area contributed by atoms with Crippen molar-refractivity contribution in [3.05, 3.63) is 24.3 Å². The van der Waals surface area contributed by atoms with E-state index in [1.165, 1.54) is 18.5 Å². The summed E-state index contributed by atoms with van der Waals surface area (Å²) in [6.45, 7) is 7.35. The summed E-state index contributed by atoms with van der Waals surface area (Å²) in [6.07, 6.45) is 3.62. The predicted molar refractivity (Wildman–Crippen MR) is 100 cm³/mol. The maximum atomic E-state index is 10.3. The number of rotatable bonds is 7. The van der Waals surface area contributed by atoms with Gasteiger partial charge in [0.2, 0.25) is 0 Å². The van der Waals surface area contributed by atoms with Gasteiger partial charge in [-0.3, -0.25) is 4.90 Å². The van der Waals surface area contributed by atoms with E-state index < -0.39 is 0 Å². The van der Waals surface area contributed by atoms with Crippen molar-refractivity contribution in [1.29, 1.82) is 0 Å². The zero-order chi connectivity index (χ0) is 17.6. The molecule has 0 amide bonds. The van der Waals surface area contributed by atoms with Gasteiger partial charge in [0.25, 0.3) is 0 Å². The number of aliphatic hydroxyl groups excluding tert-OH is 1. The molecule has 1 heterocycles. The average Bonchev–Trinajstić information content (AvgIpc) is 3.06. The fourth-order valence-electron chi connectivity index (χ4n) is 3.93. The highest BCUT2D eigenvalue weighted by molar-refractivity contribution is 5.49. The van der Waals surface area contributed by atoms with Crippen molar-refractivity contribution in [2.75, 3.05) is 51.3 Å². The van der Waals surface area contributed by atoms with Crippen LogP contribution in [0.25, 0.3) is 0 Å². The molecule has 1 N–H and O–H groups in total. The molecule has 2 aliphatic rings. The molecule has 25 heavy (non-hydrogen) atoms. The van der Waals surface area contributed by atoms with E-state index in [0.717, 1.165) is 38.3 Å². The van der Waals surface area contributed by atoms with Gasteiger partial charge in [-0.05, 0) is 43.0 Å². The molecule has 1 aliphatic heterocycles. The summed E-state index contributed by atoms with van der Waals surface area (Å²) >= 11 is 0. The Labute approximate surface area is 151 Å². The Morgan fingerprint density at radius 1 is 1.12 bits per heavy atom. The van der Waals surface area contributed by atoms with Crippen molar-refractivity contribution in [2.45, 2.75) is 38.4 Å². The van der Waals surface area contributed by atoms with E-state index >= 15 is 0 Å². The minimum absolute atomic E-state index is 0.349. The van der Waals surface area contributed by atoms with Crippen LogP contribution in [-0.4, -0.2) is 68.7 Å². The summed E-state index contributed by atoms with van der Waals surface area (Å²) in [5, 5.41) is 10.3. The lowest BCUT2D eigenvalue weighted by molar-refractivity contribution is -0.0321. The van der Waals surface area contributed by atoms with Crippen molar-refractivity contribution >= 4 is 5.69 Å². The molecule has 2 fully saturated rings. The summed E-state index contributed by atoms with van der Waals surface area (Å²) in [5.74, 6) is 1.53. The Hall–Kier alpha value is -1.30. The molecule has 0 spiro atoms. The number of nitrogens with zero attached hydrogens (tertiary/aromatic N) is 2. The molecule has 1 saturated heterocycles. The first kappa shape index (κ1) is 18.5. The highest BCUT2D eigenvalue weighted by Crippen LogP contribution is 2.27. The second-order valence-corrected chi connectivity index (χ2v) is 7.42. The molecule has 0 aromatic heterocycles. The molecule has 1 aliphatic carbocycles. The third-order valence-corrected chi connectivity index (χ3v) is 5.56. The van der Waals surface area contributed by atoms with E-state index in [1.807, 2.05) is 12.1 Å². The molecule has 0 unspecified atom stereocenters. The summed E-state index contributed by atoms with van der Waals surface area (Å²) < 4.78 is 11.1. The van der Waals surface area contributed by atoms with Crippen molar-refractivity contribution in [3.63, 3.8) is 0 Å². The lowest BCUT2D eigenvalue weighted by Gasteiger charge is -2.37. The van der Waals surface area contributed by atoms with E-state index in [9.17, 15) is 5.11 Å². The number of ether oxygens (including phenoxy) is 2. The fraction of sp³-hybridized carbons (Fsp3) is 0.700. The quantitative estimate of drug-likeness (QED) is 0.820. The molecule has 0 radical (unpaired) electrons. The van der Waals surface area contributed by atoms with Crippen LogP contribution < -0.4 is 9.64 Å². The Morgan fingerprint density at radius 3 is 2.44 bits per heavy atom. The van der Waals surface area contributed by atoms with E-state index in [1.54, 1.807) is 7.11 Å². The van der Waals surface area contributed by atoms with Crippen LogP contribution in [0.3, 0.4) is 0 Å². The molecule has 1 saturated carbocycles. The van der Waals surface area contributed by atoms with Gasteiger partial charge in [0.15, 0.2) is 0 Å². The smallest absolute Gasteiger partial charge is 0.119 e. The number of hydrogen-bond donors (Lipinski definition) is 1. The van der Waals surface area contributed by atoms with Gasteiger partial charge in [0.1, 0.15) is 5.75 Å². The Kier molecular flexibility index (Phi) is 6.57. The molecule has 1 aromatic carbocycles. The average molecular weight is 348 g/mol. The monoisotopic (exact) mass is 348 g/mol. The lowest BCUT2D eigenvalue weighted by Crippen LogP contribution is -2.49. The van der Waals surface area contributed by atoms with Crippen LogP contribution in [-0.2, 0) is 4.74 Å². The number of β-amino-alcohol motifs (C(OH)–C–C–N with tert-alkyl or cyclic N) is 1. The predicted octanol–water partition coefficient (Wildman–Crippen LogP) is 2.38. The maximum Gasteiger partial charge on any atom is 0.119 e. The lowest BCUT2D eigenvalue weighted by atomic mass is 10.1. The second-order valence-electron chi connectivity index (χ2n) is 7.42. The molecule has 5 nitrogen and oxygen atoms in total. The summed E-state index contributed by atoms with van der Waals surface area (Å²) in [5.41, 5.74) is 1.24.